The van der Waals surface area contributed by atoms with Crippen molar-refractivity contribution in [3.05, 3.63) is 117 Å². The number of hydrogen-bond donors (Lipinski definition) is 2. The van der Waals surface area contributed by atoms with Crippen LogP contribution < -0.4 is 9.47 Å². The third kappa shape index (κ3) is 6.47. The van der Waals surface area contributed by atoms with Gasteiger partial charge in [0.1, 0.15) is 11.5 Å². The Balaban J connectivity index is 0.000000168. The number of aromatic nitrogens is 6. The second-order valence-electron chi connectivity index (χ2n) is 8.79. The topological polar surface area (TPSA) is 85.7 Å². The highest BCUT2D eigenvalue weighted by Crippen LogP contribution is 2.26. The molecule has 6 aromatic rings. The second-order valence-corrected chi connectivity index (χ2v) is 10.4. The molecule has 42 heavy (non-hydrogen) atoms. The lowest BCUT2D eigenvalue weighted by molar-refractivity contribution is 0.414. The molecule has 2 N–H and O–H groups in total. The van der Waals surface area contributed by atoms with Crippen molar-refractivity contribution in [3.63, 3.8) is 0 Å². The molecule has 0 fully saturated rings. The van der Waals surface area contributed by atoms with Crippen LogP contribution in [0.2, 0.25) is 10.0 Å². The average molecular weight is 636 g/mol. The summed E-state index contributed by atoms with van der Waals surface area (Å²) in [6.45, 7) is 0. The Morgan fingerprint density at radius 2 is 0.881 bits per heavy atom. The molecule has 0 aliphatic rings. The Morgan fingerprint density at radius 3 is 1.19 bits per heavy atom. The predicted molar refractivity (Wildman–Crippen MR) is 171 cm³/mol. The fourth-order valence-electron chi connectivity index (χ4n) is 4.12. The van der Waals surface area contributed by atoms with Crippen molar-refractivity contribution in [2.24, 2.45) is 0 Å². The summed E-state index contributed by atoms with van der Waals surface area (Å²) in [5.74, 6) is 3.06. The smallest absolute Gasteiger partial charge is 0.200 e. The van der Waals surface area contributed by atoms with Gasteiger partial charge in [-0.25, -0.2) is 0 Å². The molecule has 8 nitrogen and oxygen atoms in total. The highest BCUT2D eigenvalue weighted by molar-refractivity contribution is 7.71. The van der Waals surface area contributed by atoms with Gasteiger partial charge in [0, 0.05) is 21.2 Å². The van der Waals surface area contributed by atoms with Gasteiger partial charge in [0.15, 0.2) is 21.2 Å². The Kier molecular flexibility index (Phi) is 9.19. The van der Waals surface area contributed by atoms with E-state index in [4.69, 9.17) is 57.1 Å². The maximum Gasteiger partial charge on any atom is 0.200 e. The van der Waals surface area contributed by atoms with Crippen LogP contribution in [0.25, 0.3) is 34.2 Å². The van der Waals surface area contributed by atoms with Crippen LogP contribution in [0.1, 0.15) is 0 Å². The average Bonchev–Trinajstić information content (AvgIpc) is 3.60. The number of halogens is 2. The van der Waals surface area contributed by atoms with Crippen molar-refractivity contribution in [3.8, 4) is 45.6 Å². The maximum absolute atomic E-state index is 5.93. The number of benzene rings is 4. The Bertz CT molecular complexity index is 1750. The fraction of sp³-hybridized carbons (Fsp3) is 0.0667. The number of rotatable bonds is 6. The maximum atomic E-state index is 5.93. The minimum atomic E-state index is 0.533. The van der Waals surface area contributed by atoms with Gasteiger partial charge in [-0.05, 0) is 121 Å². The van der Waals surface area contributed by atoms with E-state index in [2.05, 4.69) is 20.4 Å². The number of ether oxygens (including phenoxy) is 2. The molecule has 0 aliphatic carbocycles. The van der Waals surface area contributed by atoms with Crippen LogP contribution in [0.15, 0.2) is 97.1 Å². The highest BCUT2D eigenvalue weighted by Gasteiger charge is 2.12. The molecule has 2 aromatic heterocycles. The van der Waals surface area contributed by atoms with Crippen molar-refractivity contribution < 1.29 is 9.47 Å². The van der Waals surface area contributed by atoms with Gasteiger partial charge < -0.3 is 9.47 Å². The Morgan fingerprint density at radius 1 is 0.548 bits per heavy atom. The number of H-pyrrole nitrogens is 2. The number of nitrogens with one attached hydrogen (secondary N) is 2. The lowest BCUT2D eigenvalue weighted by Gasteiger charge is -2.08. The normalized spacial score (nSPS) is 10.6. The molecule has 4 aromatic carbocycles. The van der Waals surface area contributed by atoms with Gasteiger partial charge >= 0.3 is 0 Å². The monoisotopic (exact) mass is 634 g/mol. The van der Waals surface area contributed by atoms with E-state index in [0.717, 1.165) is 45.6 Å². The number of methoxy groups -OCH3 is 2. The van der Waals surface area contributed by atoms with E-state index >= 15 is 0 Å². The van der Waals surface area contributed by atoms with Crippen molar-refractivity contribution in [1.29, 1.82) is 0 Å². The van der Waals surface area contributed by atoms with E-state index in [1.807, 2.05) is 106 Å². The number of hydrogen-bond acceptors (Lipinski definition) is 6. The Labute approximate surface area is 262 Å². The summed E-state index contributed by atoms with van der Waals surface area (Å²) in [6.07, 6.45) is 0. The molecule has 212 valence electrons. The van der Waals surface area contributed by atoms with E-state index in [1.165, 1.54) is 0 Å². The first kappa shape index (κ1) is 29.3. The summed E-state index contributed by atoms with van der Waals surface area (Å²) in [5.41, 5.74) is 3.70. The zero-order chi connectivity index (χ0) is 29.6. The quantitative estimate of drug-likeness (QED) is 0.179. The third-order valence-corrected chi connectivity index (χ3v) is 7.26. The van der Waals surface area contributed by atoms with Crippen LogP contribution in [-0.4, -0.2) is 43.7 Å². The van der Waals surface area contributed by atoms with Crippen molar-refractivity contribution in [2.75, 3.05) is 14.2 Å². The van der Waals surface area contributed by atoms with Crippen LogP contribution in [0.3, 0.4) is 0 Å². The number of aromatic amines is 2. The van der Waals surface area contributed by atoms with Crippen molar-refractivity contribution >= 4 is 47.6 Å². The molecule has 0 saturated carbocycles. The molecule has 0 spiro atoms. The minimum absolute atomic E-state index is 0.533. The fourth-order valence-corrected chi connectivity index (χ4v) is 4.85. The molecule has 0 saturated heterocycles. The van der Waals surface area contributed by atoms with E-state index < -0.39 is 0 Å². The van der Waals surface area contributed by atoms with Crippen LogP contribution in [0, 0.1) is 9.54 Å². The van der Waals surface area contributed by atoms with Crippen LogP contribution in [0.4, 0.5) is 0 Å². The number of nitrogens with zero attached hydrogens (tertiary/aromatic N) is 4. The molecule has 2 heterocycles. The zero-order valence-electron chi connectivity index (χ0n) is 22.4. The molecule has 0 unspecified atom stereocenters. The predicted octanol–water partition coefficient (Wildman–Crippen LogP) is 8.52. The van der Waals surface area contributed by atoms with Gasteiger partial charge in [0.25, 0.3) is 0 Å². The van der Waals surface area contributed by atoms with Gasteiger partial charge in [0.2, 0.25) is 0 Å². The summed E-state index contributed by atoms with van der Waals surface area (Å²) in [6, 6.07) is 30.2. The summed E-state index contributed by atoms with van der Waals surface area (Å²) >= 11 is 22.5. The summed E-state index contributed by atoms with van der Waals surface area (Å²) in [7, 11) is 3.27. The molecule has 0 aliphatic heterocycles. The summed E-state index contributed by atoms with van der Waals surface area (Å²) in [4.78, 5) is 0. The lowest BCUT2D eigenvalue weighted by atomic mass is 10.2. The van der Waals surface area contributed by atoms with Gasteiger partial charge in [-0.3, -0.25) is 19.3 Å². The molecular formula is C30H24Cl2N6O2S2. The molecule has 0 radical (unpaired) electrons. The van der Waals surface area contributed by atoms with Crippen LogP contribution in [-0.2, 0) is 0 Å². The van der Waals surface area contributed by atoms with E-state index in [9.17, 15) is 0 Å². The first-order valence-electron chi connectivity index (χ1n) is 12.5. The van der Waals surface area contributed by atoms with Crippen LogP contribution >= 0.6 is 47.6 Å². The SMILES string of the molecule is COc1ccc(-n2c(-c3ccc(Cl)cc3)n[nH]c2=S)cc1.COc1ccc(-n2c(-c3ccc(Cl)cc3)n[nH]c2=S)cc1. The third-order valence-electron chi connectivity index (χ3n) is 6.21. The first-order chi connectivity index (χ1) is 20.4. The molecule has 12 heteroatoms. The Hall–Kier alpha value is -4.22. The molecule has 6 rings (SSSR count). The lowest BCUT2D eigenvalue weighted by Crippen LogP contribution is -1.97. The summed E-state index contributed by atoms with van der Waals surface area (Å²) in [5, 5.41) is 15.6. The van der Waals surface area contributed by atoms with Gasteiger partial charge in [-0.2, -0.15) is 10.2 Å². The summed E-state index contributed by atoms with van der Waals surface area (Å²) < 4.78 is 15.2. The van der Waals surface area contributed by atoms with E-state index in [1.54, 1.807) is 14.2 Å². The second kappa shape index (κ2) is 13.2. The highest BCUT2D eigenvalue weighted by atomic mass is 35.5. The van der Waals surface area contributed by atoms with Crippen molar-refractivity contribution in [1.82, 2.24) is 29.5 Å². The van der Waals surface area contributed by atoms with Crippen LogP contribution in [0.5, 0.6) is 11.5 Å². The van der Waals surface area contributed by atoms with Gasteiger partial charge in [0.05, 0.1) is 25.6 Å². The molecule has 0 bridgehead atoms. The first-order valence-corrected chi connectivity index (χ1v) is 14.1. The zero-order valence-corrected chi connectivity index (χ0v) is 25.6. The van der Waals surface area contributed by atoms with Gasteiger partial charge in [-0.1, -0.05) is 23.2 Å². The van der Waals surface area contributed by atoms with Gasteiger partial charge in [-0.15, -0.1) is 0 Å². The van der Waals surface area contributed by atoms with E-state index in [0.29, 0.717) is 19.6 Å². The van der Waals surface area contributed by atoms with E-state index in [-0.39, 0.29) is 0 Å². The largest absolute Gasteiger partial charge is 0.497 e. The molecular weight excluding hydrogens is 611 g/mol. The minimum Gasteiger partial charge on any atom is -0.497 e. The molecule has 0 atom stereocenters. The van der Waals surface area contributed by atoms with Crippen molar-refractivity contribution in [2.45, 2.75) is 0 Å². The molecule has 0 amide bonds. The standard InChI is InChI=1S/2C15H12ClN3OS/c2*1-20-13-8-6-12(7-9-13)19-14(17-18-15(19)21)10-2-4-11(16)5-3-10/h2*2-9H,1H3,(H,18,21).